The van der Waals surface area contributed by atoms with Gasteiger partial charge >= 0.3 is 0 Å². The van der Waals surface area contributed by atoms with Crippen LogP contribution in [-0.2, 0) is 13.0 Å². The van der Waals surface area contributed by atoms with E-state index in [2.05, 4.69) is 37.6 Å². The van der Waals surface area contributed by atoms with Gasteiger partial charge in [-0.2, -0.15) is 0 Å². The molecule has 0 spiro atoms. The number of thiazole rings is 1. The Morgan fingerprint density at radius 3 is 2.47 bits per heavy atom. The Kier molecular flexibility index (Phi) is 4.81. The molecule has 1 aromatic heterocycles. The second-order valence-corrected chi connectivity index (χ2v) is 6.60. The molecule has 0 aliphatic carbocycles. The highest BCUT2D eigenvalue weighted by atomic mass is 32.1. The highest BCUT2D eigenvalue weighted by Gasteiger charge is 2.28. The SMILES string of the molecule is CCCc1nc(N2CC(C)N(C)C(C)C2)sc1CO. The van der Waals surface area contributed by atoms with E-state index in [-0.39, 0.29) is 6.61 Å². The lowest BCUT2D eigenvalue weighted by Gasteiger charge is -2.42. The van der Waals surface area contributed by atoms with Crippen molar-refractivity contribution in [3.05, 3.63) is 10.6 Å². The van der Waals surface area contributed by atoms with Crippen molar-refractivity contribution in [1.82, 2.24) is 9.88 Å². The second kappa shape index (κ2) is 6.20. The molecule has 2 heterocycles. The number of aliphatic hydroxyl groups is 1. The van der Waals surface area contributed by atoms with E-state index in [0.29, 0.717) is 12.1 Å². The lowest BCUT2D eigenvalue weighted by Crippen LogP contribution is -2.55. The molecule has 0 aromatic carbocycles. The maximum absolute atomic E-state index is 9.45. The number of aryl methyl sites for hydroxylation is 1. The third-order valence-corrected chi connectivity index (χ3v) is 5.17. The first kappa shape index (κ1) is 14.8. The van der Waals surface area contributed by atoms with Gasteiger partial charge in [0.25, 0.3) is 0 Å². The van der Waals surface area contributed by atoms with E-state index in [0.717, 1.165) is 41.6 Å². The quantitative estimate of drug-likeness (QED) is 0.919. The zero-order valence-electron chi connectivity index (χ0n) is 12.4. The molecule has 1 aromatic rings. The molecule has 5 heteroatoms. The van der Waals surface area contributed by atoms with Crippen molar-refractivity contribution < 1.29 is 5.11 Å². The fraction of sp³-hybridized carbons (Fsp3) is 0.786. The zero-order valence-corrected chi connectivity index (χ0v) is 13.2. The molecule has 1 fully saturated rings. The molecule has 1 N–H and O–H groups in total. The molecule has 0 amide bonds. The molecule has 1 aliphatic heterocycles. The third kappa shape index (κ3) is 3.09. The summed E-state index contributed by atoms with van der Waals surface area (Å²) < 4.78 is 0. The van der Waals surface area contributed by atoms with Crippen LogP contribution < -0.4 is 4.90 Å². The van der Waals surface area contributed by atoms with Crippen molar-refractivity contribution in [1.29, 1.82) is 0 Å². The average molecular weight is 283 g/mol. The Hall–Kier alpha value is -0.650. The Morgan fingerprint density at radius 2 is 1.95 bits per heavy atom. The highest BCUT2D eigenvalue weighted by Crippen LogP contribution is 2.29. The number of hydrogen-bond donors (Lipinski definition) is 1. The van der Waals surface area contributed by atoms with Crippen molar-refractivity contribution in [2.75, 3.05) is 25.0 Å². The molecule has 1 aliphatic rings. The van der Waals surface area contributed by atoms with Gasteiger partial charge in [0.1, 0.15) is 0 Å². The molecular weight excluding hydrogens is 258 g/mol. The van der Waals surface area contributed by atoms with Crippen molar-refractivity contribution in [3.63, 3.8) is 0 Å². The molecule has 0 radical (unpaired) electrons. The van der Waals surface area contributed by atoms with Gasteiger partial charge in [0, 0.05) is 25.2 Å². The minimum atomic E-state index is 0.117. The number of aliphatic hydroxyl groups excluding tert-OH is 1. The van der Waals surface area contributed by atoms with Crippen LogP contribution in [0.3, 0.4) is 0 Å². The number of nitrogens with zero attached hydrogens (tertiary/aromatic N) is 3. The van der Waals surface area contributed by atoms with Gasteiger partial charge in [0.05, 0.1) is 17.2 Å². The summed E-state index contributed by atoms with van der Waals surface area (Å²) >= 11 is 1.66. The van der Waals surface area contributed by atoms with Gasteiger partial charge in [-0.05, 0) is 27.3 Å². The summed E-state index contributed by atoms with van der Waals surface area (Å²) in [5.74, 6) is 0. The zero-order chi connectivity index (χ0) is 14.0. The third-order valence-electron chi connectivity index (χ3n) is 4.03. The number of piperazine rings is 1. The van der Waals surface area contributed by atoms with E-state index in [1.807, 2.05) is 0 Å². The molecule has 2 unspecified atom stereocenters. The van der Waals surface area contributed by atoms with Crippen molar-refractivity contribution in [2.45, 2.75) is 52.3 Å². The summed E-state index contributed by atoms with van der Waals surface area (Å²) in [6, 6.07) is 1.08. The normalized spacial score (nSPS) is 25.0. The molecule has 4 nitrogen and oxygen atoms in total. The lowest BCUT2D eigenvalue weighted by atomic mass is 10.1. The molecule has 19 heavy (non-hydrogen) atoms. The number of aromatic nitrogens is 1. The maximum atomic E-state index is 9.45. The van der Waals surface area contributed by atoms with Crippen LogP contribution in [-0.4, -0.2) is 47.2 Å². The highest BCUT2D eigenvalue weighted by molar-refractivity contribution is 7.15. The van der Waals surface area contributed by atoms with Gasteiger partial charge in [-0.15, -0.1) is 0 Å². The van der Waals surface area contributed by atoms with Crippen LogP contribution in [0.5, 0.6) is 0 Å². The Balaban J connectivity index is 2.17. The van der Waals surface area contributed by atoms with Crippen LogP contribution in [0, 0.1) is 0 Å². The molecule has 1 saturated heterocycles. The van der Waals surface area contributed by atoms with Crippen LogP contribution in [0.25, 0.3) is 0 Å². The summed E-state index contributed by atoms with van der Waals surface area (Å²) in [6.07, 6.45) is 2.04. The number of anilines is 1. The molecular formula is C14H25N3OS. The fourth-order valence-electron chi connectivity index (χ4n) is 2.62. The molecule has 2 atom stereocenters. The van der Waals surface area contributed by atoms with E-state index in [1.165, 1.54) is 0 Å². The van der Waals surface area contributed by atoms with Gasteiger partial charge in [0.15, 0.2) is 5.13 Å². The van der Waals surface area contributed by atoms with Crippen LogP contribution in [0.15, 0.2) is 0 Å². The topological polar surface area (TPSA) is 39.6 Å². The minimum Gasteiger partial charge on any atom is -0.391 e. The molecule has 0 saturated carbocycles. The summed E-state index contributed by atoms with van der Waals surface area (Å²) in [5.41, 5.74) is 1.09. The van der Waals surface area contributed by atoms with E-state index in [9.17, 15) is 5.11 Å². The van der Waals surface area contributed by atoms with Crippen molar-refractivity contribution >= 4 is 16.5 Å². The first-order valence-corrected chi connectivity index (χ1v) is 7.94. The number of hydrogen-bond acceptors (Lipinski definition) is 5. The van der Waals surface area contributed by atoms with Gasteiger partial charge in [-0.25, -0.2) is 4.98 Å². The predicted octanol–water partition coefficient (Wildman–Crippen LogP) is 2.12. The van der Waals surface area contributed by atoms with Gasteiger partial charge in [-0.1, -0.05) is 24.7 Å². The minimum absolute atomic E-state index is 0.117. The standard InChI is InChI=1S/C14H25N3OS/c1-5-6-12-13(9-18)19-14(15-12)17-7-10(2)16(4)11(3)8-17/h10-11,18H,5-9H2,1-4H3. The van der Waals surface area contributed by atoms with E-state index >= 15 is 0 Å². The molecule has 2 rings (SSSR count). The summed E-state index contributed by atoms with van der Waals surface area (Å²) in [4.78, 5) is 10.6. The summed E-state index contributed by atoms with van der Waals surface area (Å²) in [5, 5.41) is 10.5. The van der Waals surface area contributed by atoms with Gasteiger partial charge < -0.3 is 10.0 Å². The predicted molar refractivity (Wildman–Crippen MR) is 80.9 cm³/mol. The van der Waals surface area contributed by atoms with Gasteiger partial charge in [0.2, 0.25) is 0 Å². The first-order valence-electron chi connectivity index (χ1n) is 7.13. The lowest BCUT2D eigenvalue weighted by molar-refractivity contribution is 0.170. The largest absolute Gasteiger partial charge is 0.391 e. The van der Waals surface area contributed by atoms with Crippen LogP contribution in [0.2, 0.25) is 0 Å². The Morgan fingerprint density at radius 1 is 1.32 bits per heavy atom. The smallest absolute Gasteiger partial charge is 0.185 e. The monoisotopic (exact) mass is 283 g/mol. The van der Waals surface area contributed by atoms with Crippen LogP contribution in [0.1, 0.15) is 37.8 Å². The fourth-order valence-corrected chi connectivity index (χ4v) is 3.61. The average Bonchev–Trinajstić information content (AvgIpc) is 2.79. The maximum Gasteiger partial charge on any atom is 0.185 e. The second-order valence-electron chi connectivity index (χ2n) is 5.54. The number of likely N-dealkylation sites (N-methyl/N-ethyl adjacent to an activating group) is 1. The summed E-state index contributed by atoms with van der Waals surface area (Å²) in [7, 11) is 2.19. The van der Waals surface area contributed by atoms with E-state index < -0.39 is 0 Å². The number of rotatable bonds is 4. The van der Waals surface area contributed by atoms with Crippen LogP contribution in [0.4, 0.5) is 5.13 Å². The van der Waals surface area contributed by atoms with E-state index in [4.69, 9.17) is 4.98 Å². The van der Waals surface area contributed by atoms with E-state index in [1.54, 1.807) is 11.3 Å². The van der Waals surface area contributed by atoms with Crippen molar-refractivity contribution in [3.8, 4) is 0 Å². The first-order chi connectivity index (χ1) is 9.06. The molecule has 0 bridgehead atoms. The molecule has 108 valence electrons. The summed E-state index contributed by atoms with van der Waals surface area (Å²) in [6.45, 7) is 8.83. The Bertz CT molecular complexity index is 409. The Labute approximate surface area is 120 Å². The van der Waals surface area contributed by atoms with Crippen LogP contribution >= 0.6 is 11.3 Å². The van der Waals surface area contributed by atoms with Crippen molar-refractivity contribution in [2.24, 2.45) is 0 Å². The van der Waals surface area contributed by atoms with Gasteiger partial charge in [-0.3, -0.25) is 4.90 Å².